The first kappa shape index (κ1) is 16.4. The van der Waals surface area contributed by atoms with E-state index in [1.165, 1.54) is 36.9 Å². The predicted molar refractivity (Wildman–Crippen MR) is 82.8 cm³/mol. The second-order valence-corrected chi connectivity index (χ2v) is 5.25. The zero-order valence-electron chi connectivity index (χ0n) is 12.1. The number of halogens is 1. The molecule has 0 spiro atoms. The van der Waals surface area contributed by atoms with E-state index in [4.69, 9.17) is 0 Å². The quantitative estimate of drug-likeness (QED) is 0.901. The summed E-state index contributed by atoms with van der Waals surface area (Å²) < 4.78 is 0. The minimum atomic E-state index is 0. The van der Waals surface area contributed by atoms with Gasteiger partial charge in [-0.15, -0.1) is 12.4 Å². The average Bonchev–Trinajstić information content (AvgIpc) is 2.42. The minimum absolute atomic E-state index is 0. The SMILES string of the molecule is CCCN(Cc1cnccc1C)C1CCNCC1.Cl. The van der Waals surface area contributed by atoms with E-state index in [9.17, 15) is 0 Å². The van der Waals surface area contributed by atoms with Crippen molar-refractivity contribution in [2.24, 2.45) is 0 Å². The molecule has 1 aliphatic heterocycles. The Labute approximate surface area is 123 Å². The van der Waals surface area contributed by atoms with E-state index in [2.05, 4.69) is 35.1 Å². The second kappa shape index (κ2) is 8.51. The Kier molecular flexibility index (Phi) is 7.36. The van der Waals surface area contributed by atoms with Crippen LogP contribution in [-0.2, 0) is 6.54 Å². The van der Waals surface area contributed by atoms with Gasteiger partial charge in [-0.1, -0.05) is 6.92 Å². The molecule has 0 atom stereocenters. The number of aromatic nitrogens is 1. The molecule has 3 nitrogen and oxygen atoms in total. The number of nitrogens with zero attached hydrogens (tertiary/aromatic N) is 2. The lowest BCUT2D eigenvalue weighted by Crippen LogP contribution is -2.43. The number of piperidine rings is 1. The molecule has 1 saturated heterocycles. The first-order chi connectivity index (χ1) is 8.81. The third-order valence-electron chi connectivity index (χ3n) is 3.86. The molecule has 1 fully saturated rings. The maximum absolute atomic E-state index is 4.26. The van der Waals surface area contributed by atoms with Crippen LogP contribution in [-0.4, -0.2) is 35.6 Å². The first-order valence-electron chi connectivity index (χ1n) is 7.15. The van der Waals surface area contributed by atoms with Crippen molar-refractivity contribution in [3.63, 3.8) is 0 Å². The molecular formula is C15H26ClN3. The smallest absolute Gasteiger partial charge is 0.0315 e. The van der Waals surface area contributed by atoms with Crippen LogP contribution in [0.5, 0.6) is 0 Å². The average molecular weight is 284 g/mol. The van der Waals surface area contributed by atoms with Crippen LogP contribution >= 0.6 is 12.4 Å². The summed E-state index contributed by atoms with van der Waals surface area (Å²) in [4.78, 5) is 6.91. The summed E-state index contributed by atoms with van der Waals surface area (Å²) in [6.07, 6.45) is 7.69. The Hall–Kier alpha value is -0.640. The fourth-order valence-corrected chi connectivity index (χ4v) is 2.73. The maximum Gasteiger partial charge on any atom is 0.0315 e. The van der Waals surface area contributed by atoms with Gasteiger partial charge in [-0.3, -0.25) is 9.88 Å². The largest absolute Gasteiger partial charge is 0.317 e. The van der Waals surface area contributed by atoms with Gasteiger partial charge in [0.2, 0.25) is 0 Å². The van der Waals surface area contributed by atoms with Gasteiger partial charge in [-0.05, 0) is 63.0 Å². The number of nitrogens with one attached hydrogen (secondary N) is 1. The Balaban J connectivity index is 0.00000180. The standard InChI is InChI=1S/C15H25N3.ClH/c1-3-10-18(15-5-8-16-9-6-15)12-14-11-17-7-4-13(14)2;/h4,7,11,15-16H,3,5-6,8-10,12H2,1-2H3;1H. The molecule has 0 unspecified atom stereocenters. The topological polar surface area (TPSA) is 28.2 Å². The van der Waals surface area contributed by atoms with Gasteiger partial charge in [-0.2, -0.15) is 0 Å². The molecule has 1 aliphatic rings. The van der Waals surface area contributed by atoms with Crippen LogP contribution in [0, 0.1) is 6.92 Å². The van der Waals surface area contributed by atoms with Crippen molar-refractivity contribution >= 4 is 12.4 Å². The van der Waals surface area contributed by atoms with Crippen LogP contribution in [0.1, 0.15) is 37.3 Å². The first-order valence-corrected chi connectivity index (χ1v) is 7.15. The number of rotatable bonds is 5. The highest BCUT2D eigenvalue weighted by Crippen LogP contribution is 2.17. The number of aryl methyl sites for hydroxylation is 1. The van der Waals surface area contributed by atoms with Crippen molar-refractivity contribution in [2.45, 2.75) is 45.7 Å². The summed E-state index contributed by atoms with van der Waals surface area (Å²) in [6.45, 7) is 9.03. The molecular weight excluding hydrogens is 258 g/mol. The van der Waals surface area contributed by atoms with Gasteiger partial charge in [0, 0.05) is 25.0 Å². The molecule has 0 radical (unpaired) electrons. The molecule has 1 aromatic heterocycles. The molecule has 1 N–H and O–H groups in total. The van der Waals surface area contributed by atoms with Crippen molar-refractivity contribution < 1.29 is 0 Å². The van der Waals surface area contributed by atoms with E-state index in [1.54, 1.807) is 0 Å². The van der Waals surface area contributed by atoms with E-state index >= 15 is 0 Å². The normalized spacial score (nSPS) is 16.4. The number of hydrogen-bond acceptors (Lipinski definition) is 3. The molecule has 0 aromatic carbocycles. The van der Waals surface area contributed by atoms with Crippen molar-refractivity contribution in [3.05, 3.63) is 29.6 Å². The van der Waals surface area contributed by atoms with E-state index in [-0.39, 0.29) is 12.4 Å². The molecule has 19 heavy (non-hydrogen) atoms. The highest BCUT2D eigenvalue weighted by Gasteiger charge is 2.20. The van der Waals surface area contributed by atoms with Gasteiger partial charge in [0.1, 0.15) is 0 Å². The Morgan fingerprint density at radius 1 is 1.37 bits per heavy atom. The molecule has 4 heteroatoms. The van der Waals surface area contributed by atoms with Gasteiger partial charge in [-0.25, -0.2) is 0 Å². The van der Waals surface area contributed by atoms with Crippen molar-refractivity contribution in [3.8, 4) is 0 Å². The summed E-state index contributed by atoms with van der Waals surface area (Å²) in [5.74, 6) is 0. The summed E-state index contributed by atoms with van der Waals surface area (Å²) >= 11 is 0. The monoisotopic (exact) mass is 283 g/mol. The molecule has 2 rings (SSSR count). The summed E-state index contributed by atoms with van der Waals surface area (Å²) in [6, 6.07) is 2.85. The van der Waals surface area contributed by atoms with Gasteiger partial charge in [0.25, 0.3) is 0 Å². The van der Waals surface area contributed by atoms with Crippen LogP contribution in [0.25, 0.3) is 0 Å². The fraction of sp³-hybridized carbons (Fsp3) is 0.667. The molecule has 0 bridgehead atoms. The maximum atomic E-state index is 4.26. The van der Waals surface area contributed by atoms with Crippen molar-refractivity contribution in [2.75, 3.05) is 19.6 Å². The van der Waals surface area contributed by atoms with E-state index in [0.29, 0.717) is 0 Å². The van der Waals surface area contributed by atoms with Crippen LogP contribution in [0.4, 0.5) is 0 Å². The van der Waals surface area contributed by atoms with Crippen molar-refractivity contribution in [1.29, 1.82) is 0 Å². The Morgan fingerprint density at radius 3 is 2.74 bits per heavy atom. The lowest BCUT2D eigenvalue weighted by molar-refractivity contribution is 0.154. The fourth-order valence-electron chi connectivity index (χ4n) is 2.73. The molecule has 0 saturated carbocycles. The Bertz CT molecular complexity index is 364. The van der Waals surface area contributed by atoms with E-state index in [1.807, 2.05) is 12.4 Å². The highest BCUT2D eigenvalue weighted by atomic mass is 35.5. The van der Waals surface area contributed by atoms with Gasteiger partial charge >= 0.3 is 0 Å². The lowest BCUT2D eigenvalue weighted by Gasteiger charge is -2.34. The van der Waals surface area contributed by atoms with E-state index < -0.39 is 0 Å². The molecule has 0 amide bonds. The second-order valence-electron chi connectivity index (χ2n) is 5.25. The molecule has 2 heterocycles. The summed E-state index contributed by atoms with van der Waals surface area (Å²) in [5, 5.41) is 3.45. The van der Waals surface area contributed by atoms with Gasteiger partial charge in [0.05, 0.1) is 0 Å². The van der Waals surface area contributed by atoms with Crippen LogP contribution < -0.4 is 5.32 Å². The molecule has 0 aliphatic carbocycles. The van der Waals surface area contributed by atoms with Gasteiger partial charge in [0.15, 0.2) is 0 Å². The number of pyridine rings is 1. The van der Waals surface area contributed by atoms with Crippen LogP contribution in [0.2, 0.25) is 0 Å². The number of hydrogen-bond donors (Lipinski definition) is 1. The summed E-state index contributed by atoms with van der Waals surface area (Å²) in [7, 11) is 0. The van der Waals surface area contributed by atoms with Crippen LogP contribution in [0.3, 0.4) is 0 Å². The highest BCUT2D eigenvalue weighted by molar-refractivity contribution is 5.85. The molecule has 1 aromatic rings. The Morgan fingerprint density at radius 2 is 2.11 bits per heavy atom. The van der Waals surface area contributed by atoms with Gasteiger partial charge < -0.3 is 5.32 Å². The lowest BCUT2D eigenvalue weighted by atomic mass is 10.0. The zero-order chi connectivity index (χ0) is 12.8. The van der Waals surface area contributed by atoms with E-state index in [0.717, 1.165) is 25.7 Å². The third kappa shape index (κ3) is 4.75. The van der Waals surface area contributed by atoms with Crippen molar-refractivity contribution in [1.82, 2.24) is 15.2 Å². The minimum Gasteiger partial charge on any atom is -0.317 e. The zero-order valence-corrected chi connectivity index (χ0v) is 12.9. The molecule has 108 valence electrons. The summed E-state index contributed by atoms with van der Waals surface area (Å²) in [5.41, 5.74) is 2.74. The van der Waals surface area contributed by atoms with Crippen LogP contribution in [0.15, 0.2) is 18.5 Å². The predicted octanol–water partition coefficient (Wildman–Crippen LogP) is 2.78. The third-order valence-corrected chi connectivity index (χ3v) is 3.86.